The second-order valence-corrected chi connectivity index (χ2v) is 7.93. The van der Waals surface area contributed by atoms with Crippen molar-refractivity contribution in [3.63, 3.8) is 0 Å². The van der Waals surface area contributed by atoms with Gasteiger partial charge in [-0.15, -0.1) is 11.3 Å². The monoisotopic (exact) mass is 425 g/mol. The molecule has 0 unspecified atom stereocenters. The Balaban J connectivity index is 1.94. The van der Waals surface area contributed by atoms with Gasteiger partial charge in [0.2, 0.25) is 0 Å². The Morgan fingerprint density at radius 3 is 2.84 bits per heavy atom. The summed E-state index contributed by atoms with van der Waals surface area (Å²) in [6.45, 7) is 2.34. The van der Waals surface area contributed by atoms with Crippen LogP contribution in [0.25, 0.3) is 0 Å². The van der Waals surface area contributed by atoms with Gasteiger partial charge in [-0.25, -0.2) is 4.79 Å². The van der Waals surface area contributed by atoms with Gasteiger partial charge in [-0.3, -0.25) is 9.48 Å². The van der Waals surface area contributed by atoms with Gasteiger partial charge < -0.3 is 10.1 Å². The number of aromatic nitrogens is 2. The Morgan fingerprint density at radius 1 is 1.40 bits per heavy atom. The number of ether oxygens (including phenoxy) is 1. The fourth-order valence-electron chi connectivity index (χ4n) is 2.97. The van der Waals surface area contributed by atoms with Gasteiger partial charge in [0.15, 0.2) is 0 Å². The van der Waals surface area contributed by atoms with Crippen molar-refractivity contribution in [3.8, 4) is 0 Å². The third kappa shape index (κ3) is 3.64. The Bertz CT molecular complexity index is 793. The van der Waals surface area contributed by atoms with Crippen LogP contribution in [0, 0.1) is 0 Å². The van der Waals surface area contributed by atoms with Crippen LogP contribution in [0.15, 0.2) is 10.7 Å². The van der Waals surface area contributed by atoms with Crippen molar-refractivity contribution in [3.05, 3.63) is 32.4 Å². The molecule has 0 spiro atoms. The molecule has 0 radical (unpaired) electrons. The number of halogens is 1. The Morgan fingerprint density at radius 2 is 2.16 bits per heavy atom. The van der Waals surface area contributed by atoms with Gasteiger partial charge >= 0.3 is 5.97 Å². The van der Waals surface area contributed by atoms with Crippen LogP contribution in [0.3, 0.4) is 0 Å². The van der Waals surface area contributed by atoms with Gasteiger partial charge in [0, 0.05) is 11.9 Å². The first-order valence-electron chi connectivity index (χ1n) is 8.33. The predicted molar refractivity (Wildman–Crippen MR) is 100 cm³/mol. The number of nitrogens with zero attached hydrogens (tertiary/aromatic N) is 2. The van der Waals surface area contributed by atoms with E-state index in [0.717, 1.165) is 37.7 Å². The van der Waals surface area contributed by atoms with Crippen LogP contribution < -0.4 is 5.32 Å². The quantitative estimate of drug-likeness (QED) is 0.736. The molecule has 1 N–H and O–H groups in total. The second-order valence-electron chi connectivity index (χ2n) is 5.97. The highest BCUT2D eigenvalue weighted by Gasteiger charge is 2.28. The fraction of sp³-hybridized carbons (Fsp3) is 0.471. The van der Waals surface area contributed by atoms with Crippen molar-refractivity contribution in [2.24, 2.45) is 7.05 Å². The molecule has 0 bridgehead atoms. The minimum absolute atomic E-state index is 0.296. The summed E-state index contributed by atoms with van der Waals surface area (Å²) in [6.07, 6.45) is 6.30. The van der Waals surface area contributed by atoms with Crippen LogP contribution >= 0.6 is 27.3 Å². The zero-order valence-corrected chi connectivity index (χ0v) is 16.6. The molecule has 0 saturated carbocycles. The number of amides is 1. The smallest absolute Gasteiger partial charge is 0.341 e. The lowest BCUT2D eigenvalue weighted by atomic mass is 9.95. The number of hydrogen-bond acceptors (Lipinski definition) is 5. The highest BCUT2D eigenvalue weighted by atomic mass is 79.9. The molecule has 2 heterocycles. The number of rotatable bonds is 5. The Labute approximate surface area is 158 Å². The summed E-state index contributed by atoms with van der Waals surface area (Å²) in [5.74, 6) is -0.643. The molecule has 2 aromatic rings. The Kier molecular flexibility index (Phi) is 5.58. The lowest BCUT2D eigenvalue weighted by Crippen LogP contribution is -2.18. The lowest BCUT2D eigenvalue weighted by molar-refractivity contribution is 0.0505. The van der Waals surface area contributed by atoms with Gasteiger partial charge in [0.05, 0.1) is 22.8 Å². The number of carbonyl (C=O) groups excluding carboxylic acids is 2. The maximum atomic E-state index is 12.7. The van der Waals surface area contributed by atoms with Gasteiger partial charge in [0.1, 0.15) is 10.7 Å². The van der Waals surface area contributed by atoms with Gasteiger partial charge in [-0.1, -0.05) is 6.92 Å². The van der Waals surface area contributed by atoms with Crippen molar-refractivity contribution in [1.29, 1.82) is 0 Å². The highest BCUT2D eigenvalue weighted by Crippen LogP contribution is 2.39. The summed E-state index contributed by atoms with van der Waals surface area (Å²) in [5, 5.41) is 7.53. The maximum Gasteiger partial charge on any atom is 0.341 e. The number of anilines is 1. The van der Waals surface area contributed by atoms with Gasteiger partial charge in [-0.2, -0.15) is 5.10 Å². The van der Waals surface area contributed by atoms with Crippen molar-refractivity contribution in [2.75, 3.05) is 11.9 Å². The molecule has 0 aromatic carbocycles. The van der Waals surface area contributed by atoms with Crippen LogP contribution in [0.4, 0.5) is 5.00 Å². The molecule has 3 rings (SSSR count). The van der Waals surface area contributed by atoms with Crippen LogP contribution in [-0.4, -0.2) is 28.3 Å². The van der Waals surface area contributed by atoms with Gasteiger partial charge in [-0.05, 0) is 53.6 Å². The van der Waals surface area contributed by atoms with E-state index in [2.05, 4.69) is 26.3 Å². The summed E-state index contributed by atoms with van der Waals surface area (Å²) in [6, 6.07) is 0. The second kappa shape index (κ2) is 7.70. The zero-order valence-electron chi connectivity index (χ0n) is 14.2. The molecule has 0 saturated heterocycles. The summed E-state index contributed by atoms with van der Waals surface area (Å²) in [7, 11) is 1.70. The van der Waals surface area contributed by atoms with E-state index >= 15 is 0 Å². The number of hydrogen-bond donors (Lipinski definition) is 1. The van der Waals surface area contributed by atoms with E-state index in [1.54, 1.807) is 13.2 Å². The first kappa shape index (κ1) is 18.1. The molecule has 1 aliphatic rings. The lowest BCUT2D eigenvalue weighted by Gasteiger charge is -2.12. The molecule has 25 heavy (non-hydrogen) atoms. The van der Waals surface area contributed by atoms with Crippen molar-refractivity contribution < 1.29 is 14.3 Å². The number of esters is 1. The summed E-state index contributed by atoms with van der Waals surface area (Å²) in [5.41, 5.74) is 1.98. The third-order valence-electron chi connectivity index (χ3n) is 4.15. The van der Waals surface area contributed by atoms with E-state index in [4.69, 9.17) is 4.74 Å². The van der Waals surface area contributed by atoms with Crippen LogP contribution in [-0.2, 0) is 24.6 Å². The fourth-order valence-corrected chi connectivity index (χ4v) is 4.77. The molecule has 1 aliphatic carbocycles. The van der Waals surface area contributed by atoms with E-state index in [0.29, 0.717) is 27.3 Å². The standard InChI is InChI=1S/C17H20BrN3O3S/c1-3-8-24-17(23)13-10-6-4-5-7-12(10)25-16(13)20-15(22)14-11(18)9-19-21(14)2/h9H,3-8H2,1-2H3,(H,20,22). The molecular weight excluding hydrogens is 406 g/mol. The minimum Gasteiger partial charge on any atom is -0.462 e. The molecular formula is C17H20BrN3O3S. The summed E-state index contributed by atoms with van der Waals surface area (Å²) < 4.78 is 7.47. The van der Waals surface area contributed by atoms with Gasteiger partial charge in [0.25, 0.3) is 5.91 Å². The third-order valence-corrected chi connectivity index (χ3v) is 5.94. The molecule has 2 aromatic heterocycles. The largest absolute Gasteiger partial charge is 0.462 e. The number of fused-ring (bicyclic) bond motifs is 1. The molecule has 134 valence electrons. The topological polar surface area (TPSA) is 73.2 Å². The van der Waals surface area contributed by atoms with E-state index in [9.17, 15) is 9.59 Å². The van der Waals surface area contributed by atoms with Crippen molar-refractivity contribution >= 4 is 44.1 Å². The minimum atomic E-state index is -0.347. The molecule has 8 heteroatoms. The average Bonchev–Trinajstić information content (AvgIpc) is 3.12. The summed E-state index contributed by atoms with van der Waals surface area (Å²) >= 11 is 4.82. The highest BCUT2D eigenvalue weighted by molar-refractivity contribution is 9.10. The SMILES string of the molecule is CCCOC(=O)c1c(NC(=O)c2c(Br)cnn2C)sc2c1CCCC2. The predicted octanol–water partition coefficient (Wildman–Crippen LogP) is 3.94. The molecule has 6 nitrogen and oxygen atoms in total. The number of nitrogens with one attached hydrogen (secondary N) is 1. The molecule has 1 amide bonds. The van der Waals surface area contributed by atoms with E-state index in [1.165, 1.54) is 20.9 Å². The number of aryl methyl sites for hydroxylation is 2. The summed E-state index contributed by atoms with van der Waals surface area (Å²) in [4.78, 5) is 26.4. The maximum absolute atomic E-state index is 12.7. The first-order valence-corrected chi connectivity index (χ1v) is 9.94. The molecule has 0 atom stereocenters. The van der Waals surface area contributed by atoms with E-state index in [1.807, 2.05) is 6.92 Å². The first-order chi connectivity index (χ1) is 12.0. The van der Waals surface area contributed by atoms with Crippen molar-refractivity contribution in [2.45, 2.75) is 39.0 Å². The van der Waals surface area contributed by atoms with E-state index < -0.39 is 0 Å². The van der Waals surface area contributed by atoms with Crippen LogP contribution in [0.2, 0.25) is 0 Å². The average molecular weight is 426 g/mol. The number of carbonyl (C=O) groups is 2. The zero-order chi connectivity index (χ0) is 18.0. The van der Waals surface area contributed by atoms with Crippen LogP contribution in [0.5, 0.6) is 0 Å². The van der Waals surface area contributed by atoms with E-state index in [-0.39, 0.29) is 11.9 Å². The number of thiophene rings is 1. The normalized spacial score (nSPS) is 13.4. The molecule has 0 aliphatic heterocycles. The Hall–Kier alpha value is -1.67. The van der Waals surface area contributed by atoms with Crippen LogP contribution in [0.1, 0.15) is 57.5 Å². The molecule has 0 fully saturated rings. The van der Waals surface area contributed by atoms with Crippen molar-refractivity contribution in [1.82, 2.24) is 9.78 Å².